The van der Waals surface area contributed by atoms with Crippen LogP contribution >= 0.6 is 11.6 Å². The summed E-state index contributed by atoms with van der Waals surface area (Å²) < 4.78 is 31.8. The Morgan fingerprint density at radius 3 is 1.67 bits per heavy atom. The van der Waals surface area contributed by atoms with E-state index in [1.807, 2.05) is 0 Å². The lowest BCUT2D eigenvalue weighted by atomic mass is 10.3. The monoisotopic (exact) mass is 771 g/mol. The van der Waals surface area contributed by atoms with Crippen molar-refractivity contribution in [3.8, 4) is 0 Å². The normalized spacial score (nSPS) is 12.8. The second-order valence-electron chi connectivity index (χ2n) is 9.00. The van der Waals surface area contributed by atoms with Gasteiger partial charge in [0.1, 0.15) is 30.9 Å². The molecule has 3 atom stereocenters. The highest BCUT2D eigenvalue weighted by Gasteiger charge is 2.24. The van der Waals surface area contributed by atoms with Crippen LogP contribution in [0.25, 0.3) is 0 Å². The molecule has 0 bridgehead atoms. The number of aliphatic imine (C=N–C) groups is 1. The van der Waals surface area contributed by atoms with Crippen LogP contribution in [0, 0.1) is 13.8 Å². The first kappa shape index (κ1) is 53.8. The summed E-state index contributed by atoms with van der Waals surface area (Å²) in [5.41, 5.74) is 5.80. The van der Waals surface area contributed by atoms with E-state index in [0.29, 0.717) is 30.0 Å². The van der Waals surface area contributed by atoms with Crippen molar-refractivity contribution in [3.63, 3.8) is 0 Å². The van der Waals surface area contributed by atoms with E-state index in [1.54, 1.807) is 20.8 Å². The average molecular weight is 772 g/mol. The molecule has 6 N–H and O–H groups in total. The van der Waals surface area contributed by atoms with E-state index in [-0.39, 0.29) is 43.5 Å². The number of aryl methyl sites for hydroxylation is 2. The third kappa shape index (κ3) is 27.8. The average Bonchev–Trinajstić information content (AvgIpc) is 3.87. The van der Waals surface area contributed by atoms with Gasteiger partial charge in [-0.3, -0.25) is 14.4 Å². The van der Waals surface area contributed by atoms with Crippen molar-refractivity contribution in [1.82, 2.24) is 15.3 Å². The van der Waals surface area contributed by atoms with E-state index < -0.39 is 42.6 Å². The zero-order chi connectivity index (χ0) is 40.1. The summed E-state index contributed by atoms with van der Waals surface area (Å²) in [6.45, 7) is 7.11. The number of nitrogens with two attached hydrogens (primary N) is 1. The Hall–Kier alpha value is -4.96. The summed E-state index contributed by atoms with van der Waals surface area (Å²) >= 11 is 4.64. The molecule has 3 rings (SSSR count). The fourth-order valence-electron chi connectivity index (χ4n) is 2.59. The van der Waals surface area contributed by atoms with Crippen LogP contribution in [0.15, 0.2) is 26.4 Å². The number of nitrogens with zero attached hydrogens (tertiary/aromatic N) is 3. The van der Waals surface area contributed by atoms with Gasteiger partial charge in [-0.2, -0.15) is 0 Å². The number of ether oxygens (including phenoxy) is 5. The van der Waals surface area contributed by atoms with Crippen LogP contribution in [0.4, 0.5) is 0 Å². The van der Waals surface area contributed by atoms with Crippen molar-refractivity contribution >= 4 is 52.5 Å². The Morgan fingerprint density at radius 1 is 0.885 bits per heavy atom. The number of hydrogen-bond acceptors (Lipinski definition) is 20. The molecule has 1 aliphatic rings. The summed E-state index contributed by atoms with van der Waals surface area (Å²) in [7, 11) is 5.04. The van der Waals surface area contributed by atoms with E-state index in [9.17, 15) is 28.8 Å². The minimum absolute atomic E-state index is 0. The van der Waals surface area contributed by atoms with Crippen LogP contribution in [0.1, 0.15) is 56.2 Å². The zero-order valence-electron chi connectivity index (χ0n) is 29.7. The van der Waals surface area contributed by atoms with Gasteiger partial charge in [0.25, 0.3) is 0 Å². The summed E-state index contributed by atoms with van der Waals surface area (Å²) in [5.74, 6) is -0.830. The largest absolute Gasteiger partial charge is 0.478 e. The van der Waals surface area contributed by atoms with Crippen molar-refractivity contribution < 1.29 is 76.6 Å². The molecule has 0 fully saturated rings. The molecule has 52 heavy (non-hydrogen) atoms. The number of esters is 4. The number of aliphatic hydroxyl groups excluding tert-OH is 3. The highest BCUT2D eigenvalue weighted by molar-refractivity contribution is 6.62. The minimum atomic E-state index is -0.947. The number of methoxy groups -OCH3 is 4. The Bertz CT molecular complexity index is 1360. The molecular formula is C30H50ClN5O16. The maximum absolute atomic E-state index is 10.8. The number of aliphatic hydroxyl groups is 3. The van der Waals surface area contributed by atoms with Crippen molar-refractivity contribution in [2.24, 2.45) is 10.7 Å². The first-order chi connectivity index (χ1) is 23.9. The molecule has 1 aliphatic heterocycles. The molecule has 3 heterocycles. The van der Waals surface area contributed by atoms with Crippen molar-refractivity contribution in [3.05, 3.63) is 35.7 Å². The standard InChI is InChI=1S/C6H11NO4.C6H9NO3.C6H7NO3.C5H7NO2.C4H9NO3.C2H3ClO.CH4/c1-4(9)7-5(3-8)6(10)11-2;2*1-4-7-5(3-10-4)6(8)9-2;1-4-6-5(2-7)3-8-4;1-8-4(7)3(5)2-6;1-2(3)4;/h5,8H,3H2,1-2H3,(H,7,9);5H,3H2,1-2H3;3H,1-2H3;3,7H,2H2,1H3;3,6H,2,5H2,1H3;1H3;1H4. The number of oxazole rings is 2. The van der Waals surface area contributed by atoms with E-state index in [4.69, 9.17) is 34.6 Å². The predicted octanol–water partition coefficient (Wildman–Crippen LogP) is -0.235. The lowest BCUT2D eigenvalue weighted by Gasteiger charge is -2.11. The Morgan fingerprint density at radius 2 is 1.40 bits per heavy atom. The summed E-state index contributed by atoms with van der Waals surface area (Å²) in [6, 6.07) is -2.28. The summed E-state index contributed by atoms with van der Waals surface area (Å²) in [4.78, 5) is 73.4. The van der Waals surface area contributed by atoms with Gasteiger partial charge in [-0.15, -0.1) is 0 Å². The molecule has 21 nitrogen and oxygen atoms in total. The minimum Gasteiger partial charge on any atom is -0.478 e. The maximum Gasteiger partial charge on any atom is 0.360 e. The third-order valence-electron chi connectivity index (χ3n) is 4.85. The van der Waals surface area contributed by atoms with Crippen LogP contribution in [0.5, 0.6) is 0 Å². The van der Waals surface area contributed by atoms with E-state index in [0.717, 1.165) is 0 Å². The number of hydrogen-bond donors (Lipinski definition) is 5. The molecular weight excluding hydrogens is 722 g/mol. The molecule has 0 spiro atoms. The number of nitrogens with one attached hydrogen (secondary N) is 1. The lowest BCUT2D eigenvalue weighted by molar-refractivity contribution is -0.146. The Balaban J connectivity index is -0.000000270. The van der Waals surface area contributed by atoms with Gasteiger partial charge in [0.2, 0.25) is 11.1 Å². The lowest BCUT2D eigenvalue weighted by Crippen LogP contribution is -2.42. The van der Waals surface area contributed by atoms with Crippen LogP contribution in [-0.2, 0) is 54.3 Å². The molecule has 3 unspecified atom stereocenters. The van der Waals surface area contributed by atoms with Gasteiger partial charge in [0.15, 0.2) is 35.5 Å². The van der Waals surface area contributed by atoms with Gasteiger partial charge in [-0.25, -0.2) is 29.3 Å². The van der Waals surface area contributed by atoms with Gasteiger partial charge in [0.05, 0.1) is 48.3 Å². The van der Waals surface area contributed by atoms with E-state index in [2.05, 4.69) is 50.8 Å². The molecule has 0 radical (unpaired) electrons. The van der Waals surface area contributed by atoms with Crippen molar-refractivity contribution in [1.29, 1.82) is 0 Å². The van der Waals surface area contributed by atoms with Crippen LogP contribution < -0.4 is 11.1 Å². The number of rotatable bonds is 8. The quantitative estimate of drug-likeness (QED) is 0.131. The van der Waals surface area contributed by atoms with E-state index >= 15 is 0 Å². The molecule has 22 heteroatoms. The predicted molar refractivity (Wildman–Crippen MR) is 182 cm³/mol. The van der Waals surface area contributed by atoms with Crippen LogP contribution in [0.2, 0.25) is 0 Å². The molecule has 2 aromatic rings. The molecule has 0 aromatic carbocycles. The zero-order valence-corrected chi connectivity index (χ0v) is 30.4. The number of carbonyl (C=O) groups is 6. The van der Waals surface area contributed by atoms with Gasteiger partial charge in [-0.05, 0) is 11.6 Å². The molecule has 0 saturated heterocycles. The number of halogens is 1. The maximum atomic E-state index is 10.8. The van der Waals surface area contributed by atoms with Crippen molar-refractivity contribution in [2.45, 2.75) is 66.8 Å². The molecule has 298 valence electrons. The topological polar surface area (TPSA) is 312 Å². The number of carbonyl (C=O) groups excluding carboxylic acids is 6. The third-order valence-corrected chi connectivity index (χ3v) is 4.85. The van der Waals surface area contributed by atoms with Gasteiger partial charge < -0.3 is 58.9 Å². The first-order valence-corrected chi connectivity index (χ1v) is 14.6. The first-order valence-electron chi connectivity index (χ1n) is 14.2. The highest BCUT2D eigenvalue weighted by Crippen LogP contribution is 2.05. The Kier molecular flexibility index (Phi) is 33.1. The summed E-state index contributed by atoms with van der Waals surface area (Å²) in [5, 5.41) is 27.1. The molecule has 0 saturated carbocycles. The van der Waals surface area contributed by atoms with E-state index in [1.165, 1.54) is 54.8 Å². The molecule has 0 aliphatic carbocycles. The summed E-state index contributed by atoms with van der Waals surface area (Å²) in [6.07, 6.45) is 2.70. The Labute approximate surface area is 305 Å². The van der Waals surface area contributed by atoms with Crippen molar-refractivity contribution in [2.75, 3.05) is 48.3 Å². The van der Waals surface area contributed by atoms with Gasteiger partial charge in [-0.1, -0.05) is 7.43 Å². The van der Waals surface area contributed by atoms with Gasteiger partial charge in [0, 0.05) is 34.6 Å². The number of amides is 1. The van der Waals surface area contributed by atoms with Crippen LogP contribution in [0.3, 0.4) is 0 Å². The molecule has 2 aromatic heterocycles. The fourth-order valence-corrected chi connectivity index (χ4v) is 2.59. The second-order valence-corrected chi connectivity index (χ2v) is 9.53. The number of aromatic nitrogens is 2. The second kappa shape index (κ2) is 32.0. The smallest absolute Gasteiger partial charge is 0.360 e. The fraction of sp³-hybridized carbons (Fsp3) is 0.567. The SMILES string of the molecule is C.CC(=O)Cl.COC(=O)C(CO)NC(C)=O.COC(=O)C(N)CO.COC(=O)C1COC(C)=N1.COC(=O)c1coc(C)n1.Cc1nc(CO)co1. The van der Waals surface area contributed by atoms with Gasteiger partial charge >= 0.3 is 23.9 Å². The highest BCUT2D eigenvalue weighted by atomic mass is 35.5. The van der Waals surface area contributed by atoms with Crippen LogP contribution in [-0.4, -0.2) is 133 Å². The molecule has 1 amide bonds.